The molecule has 1 saturated carbocycles. The molecule has 3 rings (SSSR count). The molecule has 0 N–H and O–H groups in total. The van der Waals surface area contributed by atoms with Gasteiger partial charge in [0, 0.05) is 29.9 Å². The standard InChI is InChI=1S/C18H26N2O2/c1-14-12-16(13-15(2)17(14)20(21)22)19-10-8-18(9-11-19)6-4-3-5-7-18/h12-13H,3-11H2,1-2H3. The number of benzene rings is 1. The minimum Gasteiger partial charge on any atom is -0.371 e. The molecule has 0 unspecified atom stereocenters. The van der Waals surface area contributed by atoms with Crippen molar-refractivity contribution >= 4 is 11.4 Å². The second-order valence-corrected chi connectivity index (χ2v) is 7.23. The number of aryl methyl sites for hydroxylation is 2. The van der Waals surface area contributed by atoms with Crippen LogP contribution >= 0.6 is 0 Å². The SMILES string of the molecule is Cc1cc(N2CCC3(CCCCC3)CC2)cc(C)c1[N+](=O)[O-]. The molecule has 0 atom stereocenters. The van der Waals surface area contributed by atoms with E-state index < -0.39 is 0 Å². The molecule has 22 heavy (non-hydrogen) atoms. The second kappa shape index (κ2) is 5.90. The molecule has 1 aliphatic heterocycles. The van der Waals surface area contributed by atoms with Crippen LogP contribution in [0.5, 0.6) is 0 Å². The van der Waals surface area contributed by atoms with E-state index in [-0.39, 0.29) is 10.6 Å². The summed E-state index contributed by atoms with van der Waals surface area (Å²) in [6, 6.07) is 3.98. The lowest BCUT2D eigenvalue weighted by atomic mass is 9.68. The Labute approximate surface area is 132 Å². The van der Waals surface area contributed by atoms with E-state index in [0.29, 0.717) is 5.41 Å². The van der Waals surface area contributed by atoms with E-state index in [4.69, 9.17) is 0 Å². The molecule has 1 spiro atoms. The summed E-state index contributed by atoms with van der Waals surface area (Å²) in [4.78, 5) is 13.3. The number of piperidine rings is 1. The van der Waals surface area contributed by atoms with Crippen molar-refractivity contribution in [2.24, 2.45) is 5.41 Å². The number of anilines is 1. The number of nitrogens with zero attached hydrogens (tertiary/aromatic N) is 2. The molecular weight excluding hydrogens is 276 g/mol. The van der Waals surface area contributed by atoms with E-state index >= 15 is 0 Å². The van der Waals surface area contributed by atoms with Crippen LogP contribution in [0, 0.1) is 29.4 Å². The van der Waals surface area contributed by atoms with Crippen molar-refractivity contribution in [3.8, 4) is 0 Å². The third kappa shape index (κ3) is 2.83. The first-order chi connectivity index (χ1) is 10.5. The summed E-state index contributed by atoms with van der Waals surface area (Å²) in [6.07, 6.45) is 9.57. The molecule has 1 saturated heterocycles. The Morgan fingerprint density at radius 3 is 2.05 bits per heavy atom. The average Bonchev–Trinajstić information content (AvgIpc) is 2.47. The van der Waals surface area contributed by atoms with Crippen LogP contribution in [-0.4, -0.2) is 18.0 Å². The van der Waals surface area contributed by atoms with Gasteiger partial charge in [-0.2, -0.15) is 0 Å². The van der Waals surface area contributed by atoms with Gasteiger partial charge in [0.15, 0.2) is 0 Å². The van der Waals surface area contributed by atoms with Gasteiger partial charge in [-0.3, -0.25) is 10.1 Å². The van der Waals surface area contributed by atoms with Gasteiger partial charge >= 0.3 is 0 Å². The number of nitro groups is 1. The van der Waals surface area contributed by atoms with Crippen LogP contribution in [-0.2, 0) is 0 Å². The fourth-order valence-corrected chi connectivity index (χ4v) is 4.44. The molecule has 2 fully saturated rings. The predicted molar refractivity (Wildman–Crippen MR) is 89.5 cm³/mol. The molecule has 4 heteroatoms. The zero-order valence-electron chi connectivity index (χ0n) is 13.7. The van der Waals surface area contributed by atoms with Crippen LogP contribution in [0.1, 0.15) is 56.1 Å². The van der Waals surface area contributed by atoms with Crippen molar-refractivity contribution in [2.45, 2.75) is 58.8 Å². The zero-order valence-corrected chi connectivity index (χ0v) is 13.7. The molecule has 120 valence electrons. The highest BCUT2D eigenvalue weighted by molar-refractivity contribution is 5.59. The monoisotopic (exact) mass is 302 g/mol. The lowest BCUT2D eigenvalue weighted by Gasteiger charge is -2.45. The largest absolute Gasteiger partial charge is 0.371 e. The van der Waals surface area contributed by atoms with E-state index in [9.17, 15) is 10.1 Å². The highest BCUT2D eigenvalue weighted by atomic mass is 16.6. The molecule has 1 heterocycles. The van der Waals surface area contributed by atoms with Crippen LogP contribution in [0.25, 0.3) is 0 Å². The second-order valence-electron chi connectivity index (χ2n) is 7.23. The van der Waals surface area contributed by atoms with Crippen molar-refractivity contribution in [2.75, 3.05) is 18.0 Å². The number of hydrogen-bond acceptors (Lipinski definition) is 3. The van der Waals surface area contributed by atoms with Crippen LogP contribution in [0.3, 0.4) is 0 Å². The van der Waals surface area contributed by atoms with E-state index in [1.165, 1.54) is 44.9 Å². The van der Waals surface area contributed by atoms with Crippen molar-refractivity contribution in [1.82, 2.24) is 0 Å². The van der Waals surface area contributed by atoms with E-state index in [0.717, 1.165) is 29.9 Å². The molecule has 1 aromatic carbocycles. The van der Waals surface area contributed by atoms with Gasteiger partial charge in [0.05, 0.1) is 4.92 Å². The first-order valence-corrected chi connectivity index (χ1v) is 8.51. The van der Waals surface area contributed by atoms with Gasteiger partial charge in [-0.1, -0.05) is 19.3 Å². The highest BCUT2D eigenvalue weighted by Crippen LogP contribution is 2.45. The Morgan fingerprint density at radius 2 is 1.55 bits per heavy atom. The quantitative estimate of drug-likeness (QED) is 0.584. The Morgan fingerprint density at radius 1 is 1.00 bits per heavy atom. The Bertz CT molecular complexity index is 543. The van der Waals surface area contributed by atoms with Crippen molar-refractivity contribution in [3.63, 3.8) is 0 Å². The van der Waals surface area contributed by atoms with Crippen LogP contribution < -0.4 is 4.90 Å². The smallest absolute Gasteiger partial charge is 0.275 e. The van der Waals surface area contributed by atoms with Crippen LogP contribution in [0.4, 0.5) is 11.4 Å². The molecule has 2 aliphatic rings. The Hall–Kier alpha value is -1.58. The maximum atomic E-state index is 11.1. The first-order valence-electron chi connectivity index (χ1n) is 8.51. The van der Waals surface area contributed by atoms with Gasteiger partial charge in [-0.15, -0.1) is 0 Å². The summed E-state index contributed by atoms with van der Waals surface area (Å²) in [5.74, 6) is 0. The predicted octanol–water partition coefficient (Wildman–Crippen LogP) is 4.76. The van der Waals surface area contributed by atoms with Crippen LogP contribution in [0.2, 0.25) is 0 Å². The zero-order chi connectivity index (χ0) is 15.7. The average molecular weight is 302 g/mol. The van der Waals surface area contributed by atoms with Gasteiger partial charge in [-0.05, 0) is 57.1 Å². The fraction of sp³-hybridized carbons (Fsp3) is 0.667. The maximum absolute atomic E-state index is 11.1. The summed E-state index contributed by atoms with van der Waals surface area (Å²) >= 11 is 0. The molecule has 0 radical (unpaired) electrons. The molecule has 4 nitrogen and oxygen atoms in total. The number of rotatable bonds is 2. The molecule has 1 aromatic rings. The molecule has 0 bridgehead atoms. The minimum atomic E-state index is -0.262. The number of hydrogen-bond donors (Lipinski definition) is 0. The van der Waals surface area contributed by atoms with Gasteiger partial charge in [0.25, 0.3) is 5.69 Å². The van der Waals surface area contributed by atoms with E-state index in [2.05, 4.69) is 4.90 Å². The summed E-state index contributed by atoms with van der Waals surface area (Å²) in [6.45, 7) is 5.88. The molecular formula is C18H26N2O2. The molecule has 0 amide bonds. The normalized spacial score (nSPS) is 21.1. The van der Waals surface area contributed by atoms with E-state index in [1.807, 2.05) is 26.0 Å². The highest BCUT2D eigenvalue weighted by Gasteiger charge is 2.35. The Balaban J connectivity index is 1.75. The third-order valence-electron chi connectivity index (χ3n) is 5.76. The first kappa shape index (κ1) is 15.3. The summed E-state index contributed by atoms with van der Waals surface area (Å²) < 4.78 is 0. The van der Waals surface area contributed by atoms with Gasteiger partial charge < -0.3 is 4.90 Å². The topological polar surface area (TPSA) is 46.4 Å². The van der Waals surface area contributed by atoms with Gasteiger partial charge in [0.2, 0.25) is 0 Å². The minimum absolute atomic E-state index is 0.262. The van der Waals surface area contributed by atoms with Gasteiger partial charge in [0.1, 0.15) is 0 Å². The third-order valence-corrected chi connectivity index (χ3v) is 5.76. The summed E-state index contributed by atoms with van der Waals surface area (Å²) in [5, 5.41) is 11.1. The summed E-state index contributed by atoms with van der Waals surface area (Å²) in [7, 11) is 0. The maximum Gasteiger partial charge on any atom is 0.275 e. The Kier molecular flexibility index (Phi) is 4.11. The van der Waals surface area contributed by atoms with Crippen LogP contribution in [0.15, 0.2) is 12.1 Å². The fourth-order valence-electron chi connectivity index (χ4n) is 4.44. The van der Waals surface area contributed by atoms with Crippen molar-refractivity contribution in [3.05, 3.63) is 33.4 Å². The van der Waals surface area contributed by atoms with Gasteiger partial charge in [-0.25, -0.2) is 0 Å². The molecule has 0 aromatic heterocycles. The van der Waals surface area contributed by atoms with E-state index in [1.54, 1.807) is 0 Å². The van der Waals surface area contributed by atoms with Crippen molar-refractivity contribution in [1.29, 1.82) is 0 Å². The van der Waals surface area contributed by atoms with Crippen molar-refractivity contribution < 1.29 is 4.92 Å². The lowest BCUT2D eigenvalue weighted by molar-refractivity contribution is -0.386. The molecule has 1 aliphatic carbocycles. The lowest BCUT2D eigenvalue weighted by Crippen LogP contribution is -2.41. The number of nitro benzene ring substituents is 1. The summed E-state index contributed by atoms with van der Waals surface area (Å²) in [5.41, 5.74) is 3.58.